The molecule has 1 aliphatic heterocycles. The van der Waals surface area contributed by atoms with Crippen molar-refractivity contribution in [1.82, 2.24) is 4.90 Å². The number of hydrogen-bond acceptors (Lipinski definition) is 4. The first-order valence-electron chi connectivity index (χ1n) is 7.57. The molecule has 0 fully saturated rings. The third-order valence-electron chi connectivity index (χ3n) is 3.65. The van der Waals surface area contributed by atoms with E-state index in [4.69, 9.17) is 4.74 Å². The summed E-state index contributed by atoms with van der Waals surface area (Å²) in [5.74, 6) is 1.70. The van der Waals surface area contributed by atoms with E-state index in [1.807, 2.05) is 65.6 Å². The Labute approximate surface area is 130 Å². The number of aliphatic hydroxyl groups is 1. The van der Waals surface area contributed by atoms with Crippen LogP contribution in [0, 0.1) is 0 Å². The van der Waals surface area contributed by atoms with Gasteiger partial charge in [-0.2, -0.15) is 0 Å². The van der Waals surface area contributed by atoms with Gasteiger partial charge in [-0.05, 0) is 12.1 Å². The first-order valence-corrected chi connectivity index (χ1v) is 7.57. The Morgan fingerprint density at radius 2 is 1.73 bits per heavy atom. The van der Waals surface area contributed by atoms with Gasteiger partial charge >= 0.3 is 0 Å². The summed E-state index contributed by atoms with van der Waals surface area (Å²) in [4.78, 5) is 6.46. The topological polar surface area (TPSA) is 45.1 Å². The summed E-state index contributed by atoms with van der Waals surface area (Å²) in [5.41, 5.74) is 1.04. The molecule has 114 valence electrons. The molecule has 0 amide bonds. The number of benzene rings is 2. The van der Waals surface area contributed by atoms with Gasteiger partial charge in [-0.1, -0.05) is 48.5 Å². The monoisotopic (exact) mass is 296 g/mol. The highest BCUT2D eigenvalue weighted by Gasteiger charge is 2.24. The van der Waals surface area contributed by atoms with Crippen LogP contribution in [-0.4, -0.2) is 41.8 Å². The number of nitrogens with zero attached hydrogens (tertiary/aromatic N) is 2. The maximum atomic E-state index is 10.4. The van der Waals surface area contributed by atoms with Gasteiger partial charge in [0, 0.05) is 18.5 Å². The Hall–Kier alpha value is -2.33. The van der Waals surface area contributed by atoms with Crippen LogP contribution < -0.4 is 4.74 Å². The third kappa shape index (κ3) is 3.46. The largest absolute Gasteiger partial charge is 0.493 e. The lowest BCUT2D eigenvalue weighted by molar-refractivity contribution is 0.0407. The van der Waals surface area contributed by atoms with E-state index in [0.717, 1.165) is 30.2 Å². The van der Waals surface area contributed by atoms with Crippen molar-refractivity contribution in [2.75, 3.05) is 19.7 Å². The van der Waals surface area contributed by atoms with Crippen LogP contribution in [0.3, 0.4) is 0 Å². The standard InChI is InChI=1S/C18H20N2O2/c21-17(11-14-22-16-9-5-2-6-10-16)20-13-12-19-18(20)15-7-3-1-4-8-15/h1-10,17,21H,11-14H2. The van der Waals surface area contributed by atoms with Crippen LogP contribution in [0.1, 0.15) is 12.0 Å². The molecule has 1 aliphatic rings. The summed E-state index contributed by atoms with van der Waals surface area (Å²) in [7, 11) is 0. The first-order chi connectivity index (χ1) is 10.8. The van der Waals surface area contributed by atoms with Gasteiger partial charge in [0.15, 0.2) is 0 Å². The molecule has 0 spiro atoms. The molecule has 0 saturated carbocycles. The van der Waals surface area contributed by atoms with Crippen LogP contribution >= 0.6 is 0 Å². The Morgan fingerprint density at radius 1 is 1.05 bits per heavy atom. The first kappa shape index (κ1) is 14.6. The average molecular weight is 296 g/mol. The number of para-hydroxylation sites is 1. The Balaban J connectivity index is 1.56. The van der Waals surface area contributed by atoms with Crippen molar-refractivity contribution in [2.24, 2.45) is 4.99 Å². The van der Waals surface area contributed by atoms with Crippen molar-refractivity contribution in [2.45, 2.75) is 12.6 Å². The highest BCUT2D eigenvalue weighted by atomic mass is 16.5. The molecule has 2 aromatic rings. The number of amidine groups is 1. The van der Waals surface area contributed by atoms with Gasteiger partial charge < -0.3 is 14.7 Å². The molecular formula is C18H20N2O2. The second-order valence-corrected chi connectivity index (χ2v) is 5.20. The molecule has 3 rings (SSSR count). The van der Waals surface area contributed by atoms with Gasteiger partial charge in [0.2, 0.25) is 0 Å². The zero-order valence-electron chi connectivity index (χ0n) is 12.4. The lowest BCUT2D eigenvalue weighted by Gasteiger charge is -2.26. The fraction of sp³-hybridized carbons (Fsp3) is 0.278. The normalized spacial score (nSPS) is 15.5. The van der Waals surface area contributed by atoms with Gasteiger partial charge in [-0.3, -0.25) is 4.99 Å². The molecule has 0 saturated heterocycles. The third-order valence-corrected chi connectivity index (χ3v) is 3.65. The van der Waals surface area contributed by atoms with E-state index in [9.17, 15) is 5.11 Å². The van der Waals surface area contributed by atoms with Crippen LogP contribution in [0.25, 0.3) is 0 Å². The Morgan fingerprint density at radius 3 is 2.45 bits per heavy atom. The van der Waals surface area contributed by atoms with Crippen LogP contribution in [0.15, 0.2) is 65.7 Å². The molecule has 1 atom stereocenters. The van der Waals surface area contributed by atoms with Crippen molar-refractivity contribution in [3.05, 3.63) is 66.2 Å². The smallest absolute Gasteiger partial charge is 0.133 e. The fourth-order valence-electron chi connectivity index (χ4n) is 2.55. The number of aliphatic hydroxyl groups excluding tert-OH is 1. The highest BCUT2D eigenvalue weighted by molar-refractivity contribution is 5.99. The summed E-state index contributed by atoms with van der Waals surface area (Å²) in [6, 6.07) is 19.6. The molecule has 4 nitrogen and oxygen atoms in total. The van der Waals surface area contributed by atoms with Gasteiger partial charge in [0.25, 0.3) is 0 Å². The molecule has 2 aromatic carbocycles. The highest BCUT2D eigenvalue weighted by Crippen LogP contribution is 2.16. The quantitative estimate of drug-likeness (QED) is 0.891. The maximum Gasteiger partial charge on any atom is 0.133 e. The van der Waals surface area contributed by atoms with Crippen molar-refractivity contribution >= 4 is 5.84 Å². The summed E-state index contributed by atoms with van der Waals surface area (Å²) < 4.78 is 5.65. The summed E-state index contributed by atoms with van der Waals surface area (Å²) >= 11 is 0. The molecule has 4 heteroatoms. The van der Waals surface area contributed by atoms with E-state index in [0.29, 0.717) is 13.0 Å². The zero-order chi connectivity index (χ0) is 15.2. The average Bonchev–Trinajstić information content (AvgIpc) is 3.06. The lowest BCUT2D eigenvalue weighted by Crippen LogP contribution is -2.39. The summed E-state index contributed by atoms with van der Waals surface area (Å²) in [6.45, 7) is 1.95. The summed E-state index contributed by atoms with van der Waals surface area (Å²) in [5, 5.41) is 10.4. The fourth-order valence-corrected chi connectivity index (χ4v) is 2.55. The molecular weight excluding hydrogens is 276 g/mol. The molecule has 1 heterocycles. The summed E-state index contributed by atoms with van der Waals surface area (Å²) in [6.07, 6.45) is -0.0361. The molecule has 22 heavy (non-hydrogen) atoms. The van der Waals surface area contributed by atoms with Gasteiger partial charge in [0.1, 0.15) is 17.8 Å². The Bertz CT molecular complexity index is 613. The predicted molar refractivity (Wildman–Crippen MR) is 87.1 cm³/mol. The minimum Gasteiger partial charge on any atom is -0.493 e. The maximum absolute atomic E-state index is 10.4. The van der Waals surface area contributed by atoms with E-state index < -0.39 is 6.23 Å². The van der Waals surface area contributed by atoms with E-state index in [2.05, 4.69) is 4.99 Å². The van der Waals surface area contributed by atoms with Crippen LogP contribution in [0.2, 0.25) is 0 Å². The molecule has 1 N–H and O–H groups in total. The van der Waals surface area contributed by atoms with Gasteiger partial charge in [-0.25, -0.2) is 0 Å². The molecule has 0 aromatic heterocycles. The minimum atomic E-state index is -0.579. The second-order valence-electron chi connectivity index (χ2n) is 5.20. The van der Waals surface area contributed by atoms with Crippen molar-refractivity contribution in [3.8, 4) is 5.75 Å². The SMILES string of the molecule is OC(CCOc1ccccc1)N1CCN=C1c1ccccc1. The zero-order valence-corrected chi connectivity index (χ0v) is 12.4. The predicted octanol–water partition coefficient (Wildman–Crippen LogP) is 2.54. The van der Waals surface area contributed by atoms with Crippen molar-refractivity contribution < 1.29 is 9.84 Å². The number of ether oxygens (including phenoxy) is 1. The van der Waals surface area contributed by atoms with Crippen LogP contribution in [-0.2, 0) is 0 Å². The van der Waals surface area contributed by atoms with Gasteiger partial charge in [0.05, 0.1) is 13.2 Å². The Kier molecular flexibility index (Phi) is 4.71. The van der Waals surface area contributed by atoms with Crippen molar-refractivity contribution in [3.63, 3.8) is 0 Å². The molecule has 0 bridgehead atoms. The molecule has 0 aliphatic carbocycles. The van der Waals surface area contributed by atoms with E-state index in [-0.39, 0.29) is 0 Å². The molecule has 1 unspecified atom stereocenters. The van der Waals surface area contributed by atoms with Gasteiger partial charge in [-0.15, -0.1) is 0 Å². The van der Waals surface area contributed by atoms with Crippen molar-refractivity contribution in [1.29, 1.82) is 0 Å². The minimum absolute atomic E-state index is 0.476. The molecule has 0 radical (unpaired) electrons. The van der Waals surface area contributed by atoms with Crippen LogP contribution in [0.4, 0.5) is 0 Å². The van der Waals surface area contributed by atoms with Crippen LogP contribution in [0.5, 0.6) is 5.75 Å². The van der Waals surface area contributed by atoms with E-state index >= 15 is 0 Å². The number of hydrogen-bond donors (Lipinski definition) is 1. The van der Waals surface area contributed by atoms with E-state index in [1.165, 1.54) is 0 Å². The number of aliphatic imine (C=N–C) groups is 1. The van der Waals surface area contributed by atoms with E-state index in [1.54, 1.807) is 0 Å². The number of rotatable bonds is 6. The second kappa shape index (κ2) is 7.09. The lowest BCUT2D eigenvalue weighted by atomic mass is 10.2.